The van der Waals surface area contributed by atoms with Crippen molar-refractivity contribution in [3.8, 4) is 0 Å². The molecule has 1 aliphatic rings. The van der Waals surface area contributed by atoms with Gasteiger partial charge in [0.05, 0.1) is 0 Å². The number of hydrogen-bond donors (Lipinski definition) is 1. The molecule has 0 aromatic heterocycles. The molecule has 1 heterocycles. The fraction of sp³-hybridized carbons (Fsp3) is 0.625. The molecule has 1 N–H and O–H groups in total. The molecule has 0 spiro atoms. The van der Waals surface area contributed by atoms with Gasteiger partial charge in [-0.15, -0.1) is 0 Å². The van der Waals surface area contributed by atoms with E-state index in [1.54, 1.807) is 0 Å². The van der Waals surface area contributed by atoms with Crippen LogP contribution in [0.5, 0.6) is 0 Å². The van der Waals surface area contributed by atoms with Crippen molar-refractivity contribution in [2.24, 2.45) is 0 Å². The van der Waals surface area contributed by atoms with Crippen molar-refractivity contribution < 1.29 is 0 Å². The second-order valence-corrected chi connectivity index (χ2v) is 6.30. The average Bonchev–Trinajstić information content (AvgIpc) is 2.87. The minimum Gasteiger partial charge on any atom is -0.368 e. The zero-order chi connectivity index (χ0) is 13.8. The first-order chi connectivity index (χ1) is 9.17. The van der Waals surface area contributed by atoms with Crippen molar-refractivity contribution in [3.05, 3.63) is 28.2 Å². The van der Waals surface area contributed by atoms with E-state index in [0.29, 0.717) is 12.1 Å². The summed E-state index contributed by atoms with van der Waals surface area (Å²) in [6.45, 7) is 8.93. The summed E-state index contributed by atoms with van der Waals surface area (Å²) >= 11 is 3.61. The van der Waals surface area contributed by atoms with Crippen LogP contribution in [0.15, 0.2) is 22.7 Å². The molecular formula is C16H25BrN2. The van der Waals surface area contributed by atoms with Gasteiger partial charge >= 0.3 is 0 Å². The minimum absolute atomic E-state index is 0.399. The fourth-order valence-corrected chi connectivity index (χ4v) is 3.51. The SMILES string of the molecule is CCNC(C)c1cc(Br)ccc1N1CCCC1CC. The Morgan fingerprint density at radius 3 is 2.89 bits per heavy atom. The average molecular weight is 325 g/mol. The van der Waals surface area contributed by atoms with Gasteiger partial charge in [-0.05, 0) is 56.5 Å². The topological polar surface area (TPSA) is 15.3 Å². The van der Waals surface area contributed by atoms with Gasteiger partial charge in [-0.1, -0.05) is 29.8 Å². The van der Waals surface area contributed by atoms with E-state index < -0.39 is 0 Å². The summed E-state index contributed by atoms with van der Waals surface area (Å²) < 4.78 is 1.17. The number of benzene rings is 1. The molecule has 2 unspecified atom stereocenters. The highest BCUT2D eigenvalue weighted by Crippen LogP contribution is 2.34. The summed E-state index contributed by atoms with van der Waals surface area (Å²) in [5.41, 5.74) is 2.83. The van der Waals surface area contributed by atoms with Crippen molar-refractivity contribution in [2.75, 3.05) is 18.0 Å². The van der Waals surface area contributed by atoms with E-state index in [9.17, 15) is 0 Å². The van der Waals surface area contributed by atoms with Crippen LogP contribution in [0, 0.1) is 0 Å². The Bertz CT molecular complexity index is 419. The quantitative estimate of drug-likeness (QED) is 0.857. The maximum Gasteiger partial charge on any atom is 0.0417 e. The van der Waals surface area contributed by atoms with Crippen LogP contribution >= 0.6 is 15.9 Å². The van der Waals surface area contributed by atoms with Gasteiger partial charge in [-0.25, -0.2) is 0 Å². The van der Waals surface area contributed by atoms with E-state index in [2.05, 4.69) is 65.1 Å². The second kappa shape index (κ2) is 6.76. The summed E-state index contributed by atoms with van der Waals surface area (Å²) in [5.74, 6) is 0. The van der Waals surface area contributed by atoms with Crippen molar-refractivity contribution in [1.82, 2.24) is 5.32 Å². The predicted octanol–water partition coefficient (Wildman–Crippen LogP) is 4.50. The van der Waals surface area contributed by atoms with Crippen LogP contribution in [0.3, 0.4) is 0 Å². The van der Waals surface area contributed by atoms with Crippen LogP contribution in [-0.4, -0.2) is 19.1 Å². The first kappa shape index (κ1) is 14.9. The number of nitrogens with zero attached hydrogens (tertiary/aromatic N) is 1. The first-order valence-electron chi connectivity index (χ1n) is 7.46. The highest BCUT2D eigenvalue weighted by Gasteiger charge is 2.25. The molecule has 3 heteroatoms. The van der Waals surface area contributed by atoms with Crippen molar-refractivity contribution in [2.45, 2.75) is 52.1 Å². The highest BCUT2D eigenvalue weighted by molar-refractivity contribution is 9.10. The number of anilines is 1. The Morgan fingerprint density at radius 1 is 1.42 bits per heavy atom. The summed E-state index contributed by atoms with van der Waals surface area (Å²) in [5, 5.41) is 3.54. The molecule has 0 amide bonds. The summed E-state index contributed by atoms with van der Waals surface area (Å²) in [6.07, 6.45) is 3.90. The predicted molar refractivity (Wildman–Crippen MR) is 86.9 cm³/mol. The van der Waals surface area contributed by atoms with Gasteiger partial charge in [0.2, 0.25) is 0 Å². The molecule has 106 valence electrons. The first-order valence-corrected chi connectivity index (χ1v) is 8.26. The van der Waals surface area contributed by atoms with Crippen LogP contribution in [-0.2, 0) is 0 Å². The normalized spacial score (nSPS) is 20.8. The monoisotopic (exact) mass is 324 g/mol. The van der Waals surface area contributed by atoms with E-state index in [4.69, 9.17) is 0 Å². The number of hydrogen-bond acceptors (Lipinski definition) is 2. The lowest BCUT2D eigenvalue weighted by atomic mass is 10.0. The van der Waals surface area contributed by atoms with Crippen LogP contribution in [0.4, 0.5) is 5.69 Å². The van der Waals surface area contributed by atoms with Crippen molar-refractivity contribution >= 4 is 21.6 Å². The lowest BCUT2D eigenvalue weighted by molar-refractivity contribution is 0.589. The second-order valence-electron chi connectivity index (χ2n) is 5.38. The highest BCUT2D eigenvalue weighted by atomic mass is 79.9. The largest absolute Gasteiger partial charge is 0.368 e. The van der Waals surface area contributed by atoms with Gasteiger partial charge in [0.15, 0.2) is 0 Å². The number of halogens is 1. The van der Waals surface area contributed by atoms with E-state index in [1.807, 2.05) is 0 Å². The Labute approximate surface area is 125 Å². The minimum atomic E-state index is 0.399. The molecular weight excluding hydrogens is 300 g/mol. The van der Waals surface area contributed by atoms with E-state index in [-0.39, 0.29) is 0 Å². The summed E-state index contributed by atoms with van der Waals surface area (Å²) in [6, 6.07) is 7.83. The number of nitrogens with one attached hydrogen (secondary N) is 1. The molecule has 1 fully saturated rings. The van der Waals surface area contributed by atoms with E-state index >= 15 is 0 Å². The zero-order valence-corrected chi connectivity index (χ0v) is 13.8. The molecule has 2 rings (SSSR count). The van der Waals surface area contributed by atoms with Gasteiger partial charge in [0, 0.05) is 28.8 Å². The molecule has 0 bridgehead atoms. The van der Waals surface area contributed by atoms with Gasteiger partial charge < -0.3 is 10.2 Å². The smallest absolute Gasteiger partial charge is 0.0417 e. The molecule has 0 saturated carbocycles. The third kappa shape index (κ3) is 3.32. The Hall–Kier alpha value is -0.540. The van der Waals surface area contributed by atoms with Crippen molar-refractivity contribution in [3.63, 3.8) is 0 Å². The summed E-state index contributed by atoms with van der Waals surface area (Å²) in [4.78, 5) is 2.61. The van der Waals surface area contributed by atoms with Crippen LogP contribution in [0.25, 0.3) is 0 Å². The van der Waals surface area contributed by atoms with Gasteiger partial charge in [-0.2, -0.15) is 0 Å². The third-order valence-corrected chi connectivity index (χ3v) is 4.62. The molecule has 1 saturated heterocycles. The lowest BCUT2D eigenvalue weighted by Gasteiger charge is -2.30. The standard InChI is InChI=1S/C16H25BrN2/c1-4-14-7-6-10-19(14)16-9-8-13(17)11-15(16)12(3)18-5-2/h8-9,11-12,14,18H,4-7,10H2,1-3H3. The Kier molecular flexibility index (Phi) is 5.28. The van der Waals surface area contributed by atoms with Crippen molar-refractivity contribution in [1.29, 1.82) is 0 Å². The molecule has 0 aliphatic carbocycles. The Balaban J connectivity index is 2.33. The third-order valence-electron chi connectivity index (χ3n) is 4.12. The van der Waals surface area contributed by atoms with Gasteiger partial charge in [0.1, 0.15) is 0 Å². The molecule has 19 heavy (non-hydrogen) atoms. The van der Waals surface area contributed by atoms with Gasteiger partial charge in [0.25, 0.3) is 0 Å². The molecule has 2 atom stereocenters. The molecule has 0 radical (unpaired) electrons. The summed E-state index contributed by atoms with van der Waals surface area (Å²) in [7, 11) is 0. The molecule has 1 aromatic carbocycles. The lowest BCUT2D eigenvalue weighted by Crippen LogP contribution is -2.30. The van der Waals surface area contributed by atoms with E-state index in [1.165, 1.54) is 41.5 Å². The molecule has 2 nitrogen and oxygen atoms in total. The van der Waals surface area contributed by atoms with Crippen LogP contribution in [0.1, 0.15) is 51.6 Å². The zero-order valence-electron chi connectivity index (χ0n) is 12.2. The van der Waals surface area contributed by atoms with Crippen LogP contribution < -0.4 is 10.2 Å². The number of rotatable bonds is 5. The maximum atomic E-state index is 3.61. The Morgan fingerprint density at radius 2 is 2.21 bits per heavy atom. The maximum absolute atomic E-state index is 3.61. The van der Waals surface area contributed by atoms with Gasteiger partial charge in [-0.3, -0.25) is 0 Å². The molecule has 1 aliphatic heterocycles. The fourth-order valence-electron chi connectivity index (χ4n) is 3.13. The van der Waals surface area contributed by atoms with E-state index in [0.717, 1.165) is 6.54 Å². The molecule has 1 aromatic rings. The van der Waals surface area contributed by atoms with Crippen LogP contribution in [0.2, 0.25) is 0 Å².